The van der Waals surface area contributed by atoms with E-state index in [0.717, 1.165) is 41.3 Å². The number of carbonyl (C=O) groups excluding carboxylic acids is 1. The number of likely N-dealkylation sites (tertiary alicyclic amines) is 1. The molecule has 1 amide bonds. The molecule has 3 heterocycles. The minimum absolute atomic E-state index is 0.0376. The summed E-state index contributed by atoms with van der Waals surface area (Å²) >= 11 is 0. The molecule has 0 spiro atoms. The van der Waals surface area contributed by atoms with E-state index in [-0.39, 0.29) is 36.2 Å². The van der Waals surface area contributed by atoms with Crippen LogP contribution in [0, 0.1) is 11.3 Å². The number of phenols is 1. The number of rotatable bonds is 8. The fourth-order valence-corrected chi connectivity index (χ4v) is 6.76. The number of aromatic hydroxyl groups is 1. The molecule has 0 aliphatic carbocycles. The smallest absolute Gasteiger partial charge is 0.319 e. The largest absolute Gasteiger partial charge is 0.506 e. The fraction of sp³-hybridized carbons (Fsp3) is 0.333. The zero-order valence-corrected chi connectivity index (χ0v) is 26.3. The Morgan fingerprint density at radius 2 is 2.00 bits per heavy atom. The number of allylic oxidation sites excluding steroid dienone is 1. The molecule has 46 heavy (non-hydrogen) atoms. The lowest BCUT2D eigenvalue weighted by Crippen LogP contribution is -2.55. The molecular formula is C36H39N7O3. The Labute approximate surface area is 269 Å². The molecule has 6 rings (SSSR count). The van der Waals surface area contributed by atoms with Crippen molar-refractivity contribution >= 4 is 45.2 Å². The third-order valence-electron chi connectivity index (χ3n) is 9.11. The van der Waals surface area contributed by atoms with Crippen LogP contribution in [0.3, 0.4) is 0 Å². The second-order valence-corrected chi connectivity index (χ2v) is 12.0. The van der Waals surface area contributed by atoms with Crippen molar-refractivity contribution in [2.45, 2.75) is 38.3 Å². The van der Waals surface area contributed by atoms with Crippen LogP contribution in [0.2, 0.25) is 0 Å². The van der Waals surface area contributed by atoms with Crippen LogP contribution in [0.5, 0.6) is 11.8 Å². The van der Waals surface area contributed by atoms with Crippen molar-refractivity contribution in [1.29, 1.82) is 5.26 Å². The number of nitrogens with two attached hydrogens (primary N) is 1. The number of fused-ring (bicyclic) bond motifs is 2. The molecule has 236 valence electrons. The van der Waals surface area contributed by atoms with E-state index in [0.29, 0.717) is 54.2 Å². The fourth-order valence-electron chi connectivity index (χ4n) is 6.76. The van der Waals surface area contributed by atoms with Crippen LogP contribution in [0.25, 0.3) is 38.9 Å². The standard InChI is InChI=1S/C36H39N7O3/c1-4-9-28-30(29-19-24(38)18-23-10-6-7-12-27(23)29)20-31-33(34(28)45)35(40-36(39-31)46-22-26-11-8-15-41(26)3)42-16-17-43(32(44)5-2)25(21-42)13-14-37/h4-7,9-10,12,18-20,25-26,45H,2,8,11,13,15-17,21-22,38H2,1,3H3/b9-4-/t25-,26-/m0/s1. The van der Waals surface area contributed by atoms with E-state index >= 15 is 0 Å². The molecular weight excluding hydrogens is 578 g/mol. The monoisotopic (exact) mass is 617 g/mol. The summed E-state index contributed by atoms with van der Waals surface area (Å²) in [4.78, 5) is 28.3. The number of hydrogen-bond donors (Lipinski definition) is 2. The number of anilines is 2. The summed E-state index contributed by atoms with van der Waals surface area (Å²) in [7, 11) is 2.09. The van der Waals surface area contributed by atoms with Gasteiger partial charge in [-0.1, -0.05) is 43.0 Å². The molecule has 2 aliphatic heterocycles. The van der Waals surface area contributed by atoms with E-state index in [1.807, 2.05) is 66.4 Å². The summed E-state index contributed by atoms with van der Waals surface area (Å²) < 4.78 is 6.27. The van der Waals surface area contributed by atoms with Crippen molar-refractivity contribution in [3.05, 3.63) is 66.8 Å². The molecule has 10 nitrogen and oxygen atoms in total. The zero-order chi connectivity index (χ0) is 32.4. The number of likely N-dealkylation sites (N-methyl/N-ethyl adjacent to an activating group) is 1. The number of aromatic nitrogens is 2. The number of carbonyl (C=O) groups is 1. The van der Waals surface area contributed by atoms with Crippen molar-refractivity contribution in [2.24, 2.45) is 0 Å². The first-order valence-corrected chi connectivity index (χ1v) is 15.7. The first kappa shape index (κ1) is 30.9. The van der Waals surface area contributed by atoms with Gasteiger partial charge in [-0.05, 0) is 79.5 Å². The summed E-state index contributed by atoms with van der Waals surface area (Å²) in [6, 6.07) is 16.2. The minimum atomic E-state index is -0.374. The van der Waals surface area contributed by atoms with Crippen molar-refractivity contribution in [1.82, 2.24) is 19.8 Å². The molecule has 1 aromatic heterocycles. The number of benzene rings is 3. The maximum absolute atomic E-state index is 12.6. The van der Waals surface area contributed by atoms with Gasteiger partial charge in [0.15, 0.2) is 0 Å². The van der Waals surface area contributed by atoms with E-state index in [1.54, 1.807) is 4.90 Å². The number of ether oxygens (including phenoxy) is 1. The van der Waals surface area contributed by atoms with Gasteiger partial charge in [-0.15, -0.1) is 0 Å². The Morgan fingerprint density at radius 3 is 2.74 bits per heavy atom. The molecule has 2 atom stereocenters. The first-order chi connectivity index (χ1) is 22.3. The Balaban J connectivity index is 1.54. The van der Waals surface area contributed by atoms with E-state index in [4.69, 9.17) is 20.4 Å². The van der Waals surface area contributed by atoms with Crippen LogP contribution >= 0.6 is 0 Å². The van der Waals surface area contributed by atoms with E-state index < -0.39 is 0 Å². The maximum atomic E-state index is 12.6. The van der Waals surface area contributed by atoms with Crippen LogP contribution in [0.15, 0.2) is 61.2 Å². The average molecular weight is 618 g/mol. The maximum Gasteiger partial charge on any atom is 0.319 e. The van der Waals surface area contributed by atoms with E-state index in [2.05, 4.69) is 24.6 Å². The van der Waals surface area contributed by atoms with Crippen molar-refractivity contribution in [3.63, 3.8) is 0 Å². The van der Waals surface area contributed by atoms with Gasteiger partial charge in [0.25, 0.3) is 0 Å². The highest BCUT2D eigenvalue weighted by atomic mass is 16.5. The molecule has 10 heteroatoms. The Bertz CT molecular complexity index is 1880. The number of nitriles is 1. The third-order valence-corrected chi connectivity index (χ3v) is 9.11. The highest BCUT2D eigenvalue weighted by Gasteiger charge is 2.32. The summed E-state index contributed by atoms with van der Waals surface area (Å²) in [6.07, 6.45) is 7.35. The van der Waals surface area contributed by atoms with Gasteiger partial charge in [0, 0.05) is 36.9 Å². The lowest BCUT2D eigenvalue weighted by atomic mass is 9.91. The van der Waals surface area contributed by atoms with Crippen molar-refractivity contribution < 1.29 is 14.6 Å². The van der Waals surface area contributed by atoms with E-state index in [9.17, 15) is 15.2 Å². The second-order valence-electron chi connectivity index (χ2n) is 12.0. The normalized spacial score (nSPS) is 18.8. The predicted octanol–water partition coefficient (Wildman–Crippen LogP) is 5.36. The molecule has 4 aromatic rings. The molecule has 0 radical (unpaired) electrons. The molecule has 2 aliphatic rings. The predicted molar refractivity (Wildman–Crippen MR) is 183 cm³/mol. The van der Waals surface area contributed by atoms with Gasteiger partial charge in [0.05, 0.1) is 29.4 Å². The summed E-state index contributed by atoms with van der Waals surface area (Å²) in [5.74, 6) is 0.325. The van der Waals surface area contributed by atoms with Crippen LogP contribution in [0.1, 0.15) is 31.7 Å². The summed E-state index contributed by atoms with van der Waals surface area (Å²) in [5, 5.41) is 24.2. The molecule has 3 N–H and O–H groups in total. The van der Waals surface area contributed by atoms with Gasteiger partial charge >= 0.3 is 6.01 Å². The highest BCUT2D eigenvalue weighted by molar-refractivity contribution is 6.07. The van der Waals surface area contributed by atoms with E-state index in [1.165, 1.54) is 6.08 Å². The number of nitrogens with zero attached hydrogens (tertiary/aromatic N) is 6. The Morgan fingerprint density at radius 1 is 1.17 bits per heavy atom. The van der Waals surface area contributed by atoms with Gasteiger partial charge in [0.1, 0.15) is 18.2 Å². The number of phenolic OH excluding ortho intramolecular Hbond substituents is 1. The van der Waals surface area contributed by atoms with Crippen LogP contribution in [-0.2, 0) is 4.79 Å². The van der Waals surface area contributed by atoms with Gasteiger partial charge < -0.3 is 30.3 Å². The van der Waals surface area contributed by atoms with Gasteiger partial charge in [-0.25, -0.2) is 0 Å². The molecule has 0 bridgehead atoms. The van der Waals surface area contributed by atoms with Gasteiger partial charge in [0.2, 0.25) is 5.91 Å². The number of amides is 1. The minimum Gasteiger partial charge on any atom is -0.506 e. The molecule has 0 saturated carbocycles. The molecule has 2 fully saturated rings. The number of nitrogen functional groups attached to an aromatic ring is 1. The zero-order valence-electron chi connectivity index (χ0n) is 26.3. The molecule has 3 aromatic carbocycles. The molecule has 2 saturated heterocycles. The number of piperazine rings is 1. The highest BCUT2D eigenvalue weighted by Crippen LogP contribution is 2.44. The SMILES string of the molecule is C=CC(=O)N1CCN(c2nc(OC[C@@H]3CCCN3C)nc3cc(-c4cc(N)cc5ccccc45)c(/C=C\C)c(O)c23)C[C@@H]1CC#N. The van der Waals surface area contributed by atoms with Crippen molar-refractivity contribution in [2.75, 3.05) is 50.5 Å². The van der Waals surface area contributed by atoms with Crippen LogP contribution < -0.4 is 15.4 Å². The van der Waals surface area contributed by atoms with Gasteiger partial charge in [-0.2, -0.15) is 15.2 Å². The Kier molecular flexibility index (Phi) is 8.77. The summed E-state index contributed by atoms with van der Waals surface area (Å²) in [5.41, 5.74) is 9.79. The second kappa shape index (κ2) is 13.1. The Hall–Kier alpha value is -5.14. The number of hydrogen-bond acceptors (Lipinski definition) is 9. The molecule has 0 unspecified atom stereocenters. The van der Waals surface area contributed by atoms with Crippen LogP contribution in [-0.4, -0.2) is 82.7 Å². The summed E-state index contributed by atoms with van der Waals surface area (Å²) in [6.45, 7) is 8.17. The first-order valence-electron chi connectivity index (χ1n) is 15.7. The van der Waals surface area contributed by atoms with Crippen molar-refractivity contribution in [3.8, 4) is 29.0 Å². The lowest BCUT2D eigenvalue weighted by molar-refractivity contribution is -0.128. The van der Waals surface area contributed by atoms with Gasteiger partial charge in [-0.3, -0.25) is 4.79 Å². The van der Waals surface area contributed by atoms with Crippen LogP contribution in [0.4, 0.5) is 11.5 Å². The topological polar surface area (TPSA) is 132 Å². The average Bonchev–Trinajstić information content (AvgIpc) is 3.48. The third kappa shape index (κ3) is 5.82. The lowest BCUT2D eigenvalue weighted by Gasteiger charge is -2.41. The quantitative estimate of drug-likeness (QED) is 0.198.